The van der Waals surface area contributed by atoms with Crippen molar-refractivity contribution in [2.24, 2.45) is 0 Å². The number of halogens is 1. The Bertz CT molecular complexity index is 494. The minimum Gasteiger partial charge on any atom is -0.373 e. The summed E-state index contributed by atoms with van der Waals surface area (Å²) in [6.07, 6.45) is 3.08. The van der Waals surface area contributed by atoms with Crippen LogP contribution in [0.25, 0.3) is 0 Å². The summed E-state index contributed by atoms with van der Waals surface area (Å²) in [7, 11) is 0. The topological polar surface area (TPSA) is 47.6 Å². The highest BCUT2D eigenvalue weighted by atomic mass is 79.9. The van der Waals surface area contributed by atoms with E-state index in [1.54, 1.807) is 0 Å². The second-order valence-corrected chi connectivity index (χ2v) is 6.23. The van der Waals surface area contributed by atoms with Crippen molar-refractivity contribution in [2.75, 3.05) is 13.2 Å². The van der Waals surface area contributed by atoms with Crippen LogP contribution in [0, 0.1) is 0 Å². The molecule has 0 unspecified atom stereocenters. The normalized spacial score (nSPS) is 29.6. The lowest BCUT2D eigenvalue weighted by Crippen LogP contribution is -2.49. The molecule has 4 nitrogen and oxygen atoms in total. The molecule has 0 bridgehead atoms. The number of amides is 1. The Morgan fingerprint density at radius 3 is 2.80 bits per heavy atom. The molecular formula is C15H18BrNO3. The molecular weight excluding hydrogens is 322 g/mol. The lowest BCUT2D eigenvalue weighted by Gasteiger charge is -2.39. The molecule has 1 N–H and O–H groups in total. The summed E-state index contributed by atoms with van der Waals surface area (Å²) in [6, 6.07) is 7.61. The molecule has 1 aliphatic heterocycles. The molecule has 3 rings (SSSR count). The van der Waals surface area contributed by atoms with Crippen LogP contribution in [0.15, 0.2) is 28.7 Å². The minimum atomic E-state index is -0.0218. The Balaban J connectivity index is 1.59. The summed E-state index contributed by atoms with van der Waals surface area (Å²) in [5, 5.41) is 3.10. The lowest BCUT2D eigenvalue weighted by molar-refractivity contribution is -0.157. The van der Waals surface area contributed by atoms with E-state index in [0.717, 1.165) is 23.7 Å². The monoisotopic (exact) mass is 339 g/mol. The van der Waals surface area contributed by atoms with E-state index >= 15 is 0 Å². The number of benzene rings is 1. The van der Waals surface area contributed by atoms with Gasteiger partial charge in [-0.1, -0.05) is 22.0 Å². The van der Waals surface area contributed by atoms with Crippen molar-refractivity contribution in [2.45, 2.75) is 37.5 Å². The standard InChI is InChI=1S/C15H18BrNO3/c16-11-3-1-2-10(8-11)15(18)17-12-4-5-13-14(9-12)20-7-6-19-13/h1-3,8,12-14H,4-7,9H2,(H,17,18)/t12-,13+,14-/m1/s1. The summed E-state index contributed by atoms with van der Waals surface area (Å²) in [4.78, 5) is 12.2. The van der Waals surface area contributed by atoms with Crippen molar-refractivity contribution in [3.63, 3.8) is 0 Å². The largest absolute Gasteiger partial charge is 0.373 e. The maximum absolute atomic E-state index is 12.2. The predicted octanol–water partition coefficient (Wildman–Crippen LogP) is 2.52. The zero-order valence-electron chi connectivity index (χ0n) is 11.2. The van der Waals surface area contributed by atoms with Crippen molar-refractivity contribution in [1.29, 1.82) is 0 Å². The number of ether oxygens (including phenoxy) is 2. The molecule has 108 valence electrons. The maximum Gasteiger partial charge on any atom is 0.251 e. The highest BCUT2D eigenvalue weighted by Gasteiger charge is 2.34. The number of carbonyl (C=O) groups excluding carboxylic acids is 1. The summed E-state index contributed by atoms with van der Waals surface area (Å²) in [5.74, 6) is -0.0218. The fourth-order valence-corrected chi connectivity index (χ4v) is 3.30. The van der Waals surface area contributed by atoms with Gasteiger partial charge in [0.15, 0.2) is 0 Å². The van der Waals surface area contributed by atoms with Gasteiger partial charge in [0, 0.05) is 16.1 Å². The van der Waals surface area contributed by atoms with E-state index in [1.165, 1.54) is 0 Å². The molecule has 20 heavy (non-hydrogen) atoms. The summed E-state index contributed by atoms with van der Waals surface area (Å²) in [6.45, 7) is 1.35. The van der Waals surface area contributed by atoms with Gasteiger partial charge in [-0.2, -0.15) is 0 Å². The van der Waals surface area contributed by atoms with Crippen LogP contribution in [0.2, 0.25) is 0 Å². The van der Waals surface area contributed by atoms with Crippen molar-refractivity contribution >= 4 is 21.8 Å². The number of hydrogen-bond acceptors (Lipinski definition) is 3. The molecule has 1 heterocycles. The van der Waals surface area contributed by atoms with Gasteiger partial charge in [0.2, 0.25) is 0 Å². The average molecular weight is 340 g/mol. The molecule has 0 aromatic heterocycles. The molecule has 5 heteroatoms. The Hall–Kier alpha value is -0.910. The molecule has 1 aromatic rings. The molecule has 1 aromatic carbocycles. The second kappa shape index (κ2) is 6.24. The number of nitrogens with one attached hydrogen (secondary N) is 1. The minimum absolute atomic E-state index is 0.0218. The fraction of sp³-hybridized carbons (Fsp3) is 0.533. The molecule has 1 saturated carbocycles. The smallest absolute Gasteiger partial charge is 0.251 e. The highest BCUT2D eigenvalue weighted by Crippen LogP contribution is 2.27. The van der Waals surface area contributed by atoms with Gasteiger partial charge >= 0.3 is 0 Å². The van der Waals surface area contributed by atoms with Gasteiger partial charge in [0.25, 0.3) is 5.91 Å². The molecule has 0 spiro atoms. The van der Waals surface area contributed by atoms with E-state index in [9.17, 15) is 4.79 Å². The van der Waals surface area contributed by atoms with E-state index in [4.69, 9.17) is 9.47 Å². The first-order chi connectivity index (χ1) is 9.72. The Labute approximate surface area is 127 Å². The van der Waals surface area contributed by atoms with E-state index in [-0.39, 0.29) is 24.2 Å². The van der Waals surface area contributed by atoms with Crippen LogP contribution in [0.4, 0.5) is 0 Å². The van der Waals surface area contributed by atoms with Crippen LogP contribution in [-0.2, 0) is 9.47 Å². The number of rotatable bonds is 2. The van der Waals surface area contributed by atoms with Gasteiger partial charge in [-0.15, -0.1) is 0 Å². The van der Waals surface area contributed by atoms with E-state index in [2.05, 4.69) is 21.2 Å². The van der Waals surface area contributed by atoms with E-state index < -0.39 is 0 Å². The number of fused-ring (bicyclic) bond motifs is 1. The summed E-state index contributed by atoms with van der Waals surface area (Å²) < 4.78 is 12.3. The number of carbonyl (C=O) groups is 1. The molecule has 1 amide bonds. The third-order valence-corrected chi connectivity index (χ3v) is 4.39. The van der Waals surface area contributed by atoms with Gasteiger partial charge < -0.3 is 14.8 Å². The van der Waals surface area contributed by atoms with Gasteiger partial charge in [-0.25, -0.2) is 0 Å². The van der Waals surface area contributed by atoms with Gasteiger partial charge in [0.05, 0.1) is 25.4 Å². The fourth-order valence-electron chi connectivity index (χ4n) is 2.90. The van der Waals surface area contributed by atoms with E-state index in [1.807, 2.05) is 24.3 Å². The van der Waals surface area contributed by atoms with Gasteiger partial charge in [0.1, 0.15) is 0 Å². The Morgan fingerprint density at radius 2 is 2.00 bits per heavy atom. The third-order valence-electron chi connectivity index (χ3n) is 3.90. The SMILES string of the molecule is O=C(N[C@@H]1CC[C@@H]2OCCO[C@@H]2C1)c1cccc(Br)c1. The summed E-state index contributed by atoms with van der Waals surface area (Å²) >= 11 is 3.38. The van der Waals surface area contributed by atoms with Crippen molar-refractivity contribution in [3.05, 3.63) is 34.3 Å². The predicted molar refractivity (Wildman–Crippen MR) is 78.7 cm³/mol. The van der Waals surface area contributed by atoms with E-state index in [0.29, 0.717) is 18.8 Å². The van der Waals surface area contributed by atoms with Gasteiger partial charge in [-0.3, -0.25) is 4.79 Å². The quantitative estimate of drug-likeness (QED) is 0.900. The van der Waals surface area contributed by atoms with Gasteiger partial charge in [-0.05, 0) is 37.5 Å². The molecule has 1 saturated heterocycles. The van der Waals surface area contributed by atoms with Crippen LogP contribution >= 0.6 is 15.9 Å². The second-order valence-electron chi connectivity index (χ2n) is 5.31. The molecule has 1 aliphatic carbocycles. The van der Waals surface area contributed by atoms with Crippen LogP contribution < -0.4 is 5.32 Å². The molecule has 2 aliphatic rings. The first-order valence-corrected chi connectivity index (χ1v) is 7.81. The highest BCUT2D eigenvalue weighted by molar-refractivity contribution is 9.10. The zero-order valence-corrected chi connectivity index (χ0v) is 12.8. The average Bonchev–Trinajstić information content (AvgIpc) is 2.47. The van der Waals surface area contributed by atoms with Crippen molar-refractivity contribution < 1.29 is 14.3 Å². The van der Waals surface area contributed by atoms with Crippen LogP contribution in [-0.4, -0.2) is 37.4 Å². The molecule has 0 radical (unpaired) electrons. The van der Waals surface area contributed by atoms with Crippen molar-refractivity contribution in [3.8, 4) is 0 Å². The molecule has 2 fully saturated rings. The van der Waals surface area contributed by atoms with Crippen molar-refractivity contribution in [1.82, 2.24) is 5.32 Å². The Morgan fingerprint density at radius 1 is 1.20 bits per heavy atom. The van der Waals surface area contributed by atoms with Crippen LogP contribution in [0.5, 0.6) is 0 Å². The summed E-state index contributed by atoms with van der Waals surface area (Å²) in [5.41, 5.74) is 0.683. The van der Waals surface area contributed by atoms with Crippen LogP contribution in [0.1, 0.15) is 29.6 Å². The third kappa shape index (κ3) is 3.22. The first-order valence-electron chi connectivity index (χ1n) is 7.02. The van der Waals surface area contributed by atoms with Crippen LogP contribution in [0.3, 0.4) is 0 Å². The lowest BCUT2D eigenvalue weighted by atomic mass is 9.89. The number of hydrogen-bond donors (Lipinski definition) is 1. The maximum atomic E-state index is 12.2. The zero-order chi connectivity index (χ0) is 13.9. The Kier molecular flexibility index (Phi) is 4.38. The molecule has 3 atom stereocenters. The first kappa shape index (κ1) is 14.0.